The molecule has 1 aromatic heterocycles. The summed E-state index contributed by atoms with van der Waals surface area (Å²) in [5.41, 5.74) is 0.492. The van der Waals surface area contributed by atoms with E-state index in [9.17, 15) is 5.11 Å². The summed E-state index contributed by atoms with van der Waals surface area (Å²) in [5.74, 6) is 0.464. The highest BCUT2D eigenvalue weighted by atomic mass is 32.1. The highest BCUT2D eigenvalue weighted by molar-refractivity contribution is 7.11. The lowest BCUT2D eigenvalue weighted by Gasteiger charge is -2.07. The summed E-state index contributed by atoms with van der Waals surface area (Å²) >= 11 is 1.64. The van der Waals surface area contributed by atoms with Gasteiger partial charge in [-0.3, -0.25) is 0 Å². The van der Waals surface area contributed by atoms with E-state index in [2.05, 4.69) is 11.9 Å². The molecule has 1 aromatic rings. The SMILES string of the molecule is CCC1CC1(O)c1sc(C)nc1C. The predicted octanol–water partition coefficient (Wildman–Crippen LogP) is 2.38. The smallest absolute Gasteiger partial charge is 0.104 e. The number of nitrogens with zero attached hydrogens (tertiary/aromatic N) is 1. The van der Waals surface area contributed by atoms with Crippen molar-refractivity contribution in [2.24, 2.45) is 5.92 Å². The van der Waals surface area contributed by atoms with Crippen LogP contribution in [0.4, 0.5) is 0 Å². The van der Waals surface area contributed by atoms with Gasteiger partial charge in [0.25, 0.3) is 0 Å². The molecule has 1 heterocycles. The van der Waals surface area contributed by atoms with Crippen LogP contribution in [0.25, 0.3) is 0 Å². The van der Waals surface area contributed by atoms with E-state index in [1.165, 1.54) is 0 Å². The molecule has 3 heteroatoms. The third-order valence-electron chi connectivity index (χ3n) is 2.86. The molecule has 1 N–H and O–H groups in total. The van der Waals surface area contributed by atoms with Crippen LogP contribution >= 0.6 is 11.3 Å². The quantitative estimate of drug-likeness (QED) is 0.789. The van der Waals surface area contributed by atoms with Gasteiger partial charge in [0.1, 0.15) is 5.60 Å². The first-order valence-electron chi connectivity index (χ1n) is 4.74. The van der Waals surface area contributed by atoms with Gasteiger partial charge in [-0.05, 0) is 26.2 Å². The van der Waals surface area contributed by atoms with E-state index in [4.69, 9.17) is 0 Å². The molecule has 2 rings (SSSR count). The Morgan fingerprint density at radius 1 is 1.62 bits per heavy atom. The van der Waals surface area contributed by atoms with Gasteiger partial charge < -0.3 is 5.11 Å². The van der Waals surface area contributed by atoms with Crippen LogP contribution in [0.15, 0.2) is 0 Å². The minimum absolute atomic E-state index is 0.464. The van der Waals surface area contributed by atoms with Crippen molar-refractivity contribution in [2.45, 2.75) is 39.2 Å². The van der Waals surface area contributed by atoms with Crippen molar-refractivity contribution in [1.82, 2.24) is 4.98 Å². The molecule has 13 heavy (non-hydrogen) atoms. The van der Waals surface area contributed by atoms with Gasteiger partial charge in [-0.15, -0.1) is 11.3 Å². The molecule has 1 aliphatic carbocycles. The summed E-state index contributed by atoms with van der Waals surface area (Å²) < 4.78 is 0. The third-order valence-corrected chi connectivity index (χ3v) is 4.10. The van der Waals surface area contributed by atoms with Crippen LogP contribution in [0, 0.1) is 19.8 Å². The molecule has 72 valence electrons. The van der Waals surface area contributed by atoms with Crippen molar-refractivity contribution < 1.29 is 5.11 Å². The molecule has 0 aliphatic heterocycles. The zero-order chi connectivity index (χ0) is 9.64. The van der Waals surface area contributed by atoms with Crippen molar-refractivity contribution in [3.05, 3.63) is 15.6 Å². The van der Waals surface area contributed by atoms with E-state index < -0.39 is 5.60 Å². The molecule has 2 atom stereocenters. The Kier molecular flexibility index (Phi) is 1.96. The minimum atomic E-state index is -0.523. The van der Waals surface area contributed by atoms with E-state index in [1.807, 2.05) is 13.8 Å². The van der Waals surface area contributed by atoms with Gasteiger partial charge in [0.05, 0.1) is 15.6 Å². The van der Waals surface area contributed by atoms with E-state index in [-0.39, 0.29) is 0 Å². The monoisotopic (exact) mass is 197 g/mol. The topological polar surface area (TPSA) is 33.1 Å². The number of thiazole rings is 1. The molecule has 0 bridgehead atoms. The first-order chi connectivity index (χ1) is 6.08. The van der Waals surface area contributed by atoms with Crippen LogP contribution in [0.1, 0.15) is 35.3 Å². The summed E-state index contributed by atoms with van der Waals surface area (Å²) in [6, 6.07) is 0. The number of aryl methyl sites for hydroxylation is 2. The van der Waals surface area contributed by atoms with Gasteiger partial charge >= 0.3 is 0 Å². The number of hydrogen-bond donors (Lipinski definition) is 1. The maximum absolute atomic E-state index is 10.2. The lowest BCUT2D eigenvalue weighted by atomic mass is 10.1. The van der Waals surface area contributed by atoms with Crippen LogP contribution in [-0.2, 0) is 5.60 Å². The molecule has 1 aliphatic rings. The second-order valence-corrected chi connectivity index (χ2v) is 5.08. The minimum Gasteiger partial charge on any atom is -0.384 e. The number of rotatable bonds is 2. The Hall–Kier alpha value is -0.410. The average Bonchev–Trinajstić information content (AvgIpc) is 2.61. The van der Waals surface area contributed by atoms with Crippen LogP contribution in [0.5, 0.6) is 0 Å². The normalized spacial score (nSPS) is 32.2. The van der Waals surface area contributed by atoms with Crippen LogP contribution in [0.3, 0.4) is 0 Å². The third kappa shape index (κ3) is 1.30. The predicted molar refractivity (Wildman–Crippen MR) is 53.9 cm³/mol. The fourth-order valence-corrected chi connectivity index (χ4v) is 3.11. The summed E-state index contributed by atoms with van der Waals surface area (Å²) in [7, 11) is 0. The Morgan fingerprint density at radius 3 is 2.69 bits per heavy atom. The molecule has 1 fully saturated rings. The van der Waals surface area contributed by atoms with Crippen molar-refractivity contribution >= 4 is 11.3 Å². The molecular formula is C10H15NOS. The summed E-state index contributed by atoms with van der Waals surface area (Å²) in [6.45, 7) is 6.11. The van der Waals surface area contributed by atoms with Gasteiger partial charge in [0.2, 0.25) is 0 Å². The van der Waals surface area contributed by atoms with E-state index in [1.54, 1.807) is 11.3 Å². The molecule has 0 radical (unpaired) electrons. The second kappa shape index (κ2) is 2.79. The van der Waals surface area contributed by atoms with Crippen LogP contribution < -0.4 is 0 Å². The van der Waals surface area contributed by atoms with E-state index in [0.29, 0.717) is 5.92 Å². The van der Waals surface area contributed by atoms with Gasteiger partial charge in [0, 0.05) is 0 Å². The Morgan fingerprint density at radius 2 is 2.31 bits per heavy atom. The highest BCUT2D eigenvalue weighted by Gasteiger charge is 2.54. The maximum Gasteiger partial charge on any atom is 0.104 e. The number of hydrogen-bond acceptors (Lipinski definition) is 3. The van der Waals surface area contributed by atoms with Gasteiger partial charge in [-0.25, -0.2) is 4.98 Å². The van der Waals surface area contributed by atoms with Crippen molar-refractivity contribution in [2.75, 3.05) is 0 Å². The van der Waals surface area contributed by atoms with Crippen molar-refractivity contribution in [1.29, 1.82) is 0 Å². The molecule has 0 aromatic carbocycles. The Labute approximate surface area is 82.6 Å². The molecule has 0 saturated heterocycles. The zero-order valence-corrected chi connectivity index (χ0v) is 9.11. The van der Waals surface area contributed by atoms with Gasteiger partial charge in [0.15, 0.2) is 0 Å². The van der Waals surface area contributed by atoms with Gasteiger partial charge in [-0.2, -0.15) is 0 Å². The first-order valence-corrected chi connectivity index (χ1v) is 5.56. The zero-order valence-electron chi connectivity index (χ0n) is 8.29. The maximum atomic E-state index is 10.2. The standard InChI is InChI=1S/C10H15NOS/c1-4-8-5-10(8,12)9-6(2)11-7(3)13-9/h8,12H,4-5H2,1-3H3. The second-order valence-electron chi connectivity index (χ2n) is 3.88. The van der Waals surface area contributed by atoms with E-state index in [0.717, 1.165) is 28.4 Å². The van der Waals surface area contributed by atoms with Crippen LogP contribution in [-0.4, -0.2) is 10.1 Å². The highest BCUT2D eigenvalue weighted by Crippen LogP contribution is 2.55. The summed E-state index contributed by atoms with van der Waals surface area (Å²) in [6.07, 6.45) is 1.98. The lowest BCUT2D eigenvalue weighted by molar-refractivity contribution is 0.133. The lowest BCUT2D eigenvalue weighted by Crippen LogP contribution is -2.07. The first kappa shape index (κ1) is 9.16. The largest absolute Gasteiger partial charge is 0.384 e. The Balaban J connectivity index is 2.32. The fraction of sp³-hybridized carbons (Fsp3) is 0.700. The average molecular weight is 197 g/mol. The molecule has 2 nitrogen and oxygen atoms in total. The van der Waals surface area contributed by atoms with E-state index >= 15 is 0 Å². The number of aliphatic hydroxyl groups is 1. The molecule has 2 unspecified atom stereocenters. The molecular weight excluding hydrogens is 182 g/mol. The Bertz CT molecular complexity index is 334. The van der Waals surface area contributed by atoms with Crippen LogP contribution in [0.2, 0.25) is 0 Å². The summed E-state index contributed by atoms with van der Waals surface area (Å²) in [4.78, 5) is 5.44. The van der Waals surface area contributed by atoms with Crippen molar-refractivity contribution in [3.63, 3.8) is 0 Å². The van der Waals surface area contributed by atoms with Gasteiger partial charge in [-0.1, -0.05) is 13.3 Å². The van der Waals surface area contributed by atoms with Crippen molar-refractivity contribution in [3.8, 4) is 0 Å². The number of aromatic nitrogens is 1. The fourth-order valence-electron chi connectivity index (χ4n) is 2.01. The molecule has 0 spiro atoms. The molecule has 1 saturated carbocycles. The molecule has 0 amide bonds. The summed E-state index contributed by atoms with van der Waals surface area (Å²) in [5, 5.41) is 11.3.